The van der Waals surface area contributed by atoms with Crippen LogP contribution in [0.25, 0.3) is 0 Å². The molecule has 0 heterocycles. The minimum Gasteiger partial charge on any atom is -0.495 e. The first kappa shape index (κ1) is 14.5. The van der Waals surface area contributed by atoms with E-state index < -0.39 is 0 Å². The summed E-state index contributed by atoms with van der Waals surface area (Å²) in [6.45, 7) is 6.92. The van der Waals surface area contributed by atoms with E-state index in [4.69, 9.17) is 10.5 Å². The molecular weight excluding hydrogens is 228 g/mol. The average molecular weight is 250 g/mol. The summed E-state index contributed by atoms with van der Waals surface area (Å²) in [6, 6.07) is 5.18. The summed E-state index contributed by atoms with van der Waals surface area (Å²) in [5.41, 5.74) is 6.95. The molecular formula is C14H22N2O2. The van der Waals surface area contributed by atoms with Crippen molar-refractivity contribution in [1.82, 2.24) is 4.90 Å². The lowest BCUT2D eigenvalue weighted by atomic mass is 10.1. The molecule has 0 radical (unpaired) electrons. The molecule has 0 amide bonds. The number of Topliss-reactive ketones (excluding diaryl/α,β-unsaturated/α-hetero) is 1. The van der Waals surface area contributed by atoms with Gasteiger partial charge in [0.25, 0.3) is 0 Å². The number of carbonyl (C=O) groups is 1. The molecule has 4 nitrogen and oxygen atoms in total. The second-order valence-electron chi connectivity index (χ2n) is 4.16. The van der Waals surface area contributed by atoms with Crippen LogP contribution in [-0.4, -0.2) is 37.4 Å². The molecule has 2 N–H and O–H groups in total. The van der Waals surface area contributed by atoms with Crippen LogP contribution in [0, 0.1) is 0 Å². The summed E-state index contributed by atoms with van der Waals surface area (Å²) in [7, 11) is 1.56. The van der Waals surface area contributed by atoms with Gasteiger partial charge in [0, 0.05) is 18.5 Å². The van der Waals surface area contributed by atoms with Gasteiger partial charge >= 0.3 is 0 Å². The number of benzene rings is 1. The Labute approximate surface area is 109 Å². The Morgan fingerprint density at radius 3 is 2.50 bits per heavy atom. The molecule has 0 fully saturated rings. The summed E-state index contributed by atoms with van der Waals surface area (Å²) in [5, 5.41) is 0. The Morgan fingerprint density at radius 1 is 1.33 bits per heavy atom. The van der Waals surface area contributed by atoms with Gasteiger partial charge in [-0.15, -0.1) is 0 Å². The van der Waals surface area contributed by atoms with Gasteiger partial charge in [-0.2, -0.15) is 0 Å². The first-order chi connectivity index (χ1) is 8.62. The SMILES string of the molecule is CCN(CC)CCC(=O)c1ccc(OC)c(N)c1. The number of anilines is 1. The van der Waals surface area contributed by atoms with Crippen LogP contribution in [0.5, 0.6) is 5.75 Å². The number of methoxy groups -OCH3 is 1. The molecule has 1 aromatic carbocycles. The first-order valence-electron chi connectivity index (χ1n) is 6.31. The molecule has 1 aromatic rings. The van der Waals surface area contributed by atoms with Crippen molar-refractivity contribution in [1.29, 1.82) is 0 Å². The highest BCUT2D eigenvalue weighted by atomic mass is 16.5. The first-order valence-corrected chi connectivity index (χ1v) is 6.31. The van der Waals surface area contributed by atoms with E-state index >= 15 is 0 Å². The lowest BCUT2D eigenvalue weighted by Crippen LogP contribution is -2.25. The largest absolute Gasteiger partial charge is 0.495 e. The standard InChI is InChI=1S/C14H22N2O2/c1-4-16(5-2)9-8-13(17)11-6-7-14(18-3)12(15)10-11/h6-7,10H,4-5,8-9,15H2,1-3H3. The Bertz CT molecular complexity index is 401. The van der Waals surface area contributed by atoms with E-state index in [1.165, 1.54) is 0 Å². The van der Waals surface area contributed by atoms with Crippen molar-refractivity contribution in [3.05, 3.63) is 23.8 Å². The highest BCUT2D eigenvalue weighted by Crippen LogP contribution is 2.22. The van der Waals surface area contributed by atoms with Crippen molar-refractivity contribution in [3.63, 3.8) is 0 Å². The molecule has 100 valence electrons. The average Bonchev–Trinajstić information content (AvgIpc) is 2.39. The van der Waals surface area contributed by atoms with Crippen molar-refractivity contribution in [3.8, 4) is 5.75 Å². The molecule has 0 atom stereocenters. The zero-order valence-electron chi connectivity index (χ0n) is 11.4. The smallest absolute Gasteiger partial charge is 0.164 e. The highest BCUT2D eigenvalue weighted by molar-refractivity contribution is 5.97. The lowest BCUT2D eigenvalue weighted by Gasteiger charge is -2.17. The minimum absolute atomic E-state index is 0.122. The van der Waals surface area contributed by atoms with E-state index in [-0.39, 0.29) is 5.78 Å². The number of nitrogen functional groups attached to an aromatic ring is 1. The molecule has 1 rings (SSSR count). The van der Waals surface area contributed by atoms with Gasteiger partial charge in [-0.3, -0.25) is 4.79 Å². The third kappa shape index (κ3) is 3.74. The number of hydrogen-bond acceptors (Lipinski definition) is 4. The zero-order chi connectivity index (χ0) is 13.5. The van der Waals surface area contributed by atoms with Gasteiger partial charge in [-0.1, -0.05) is 13.8 Å². The van der Waals surface area contributed by atoms with Crippen LogP contribution in [-0.2, 0) is 0 Å². The predicted molar refractivity (Wildman–Crippen MR) is 74.1 cm³/mol. The molecule has 0 aliphatic rings. The fourth-order valence-electron chi connectivity index (χ4n) is 1.85. The third-order valence-corrected chi connectivity index (χ3v) is 3.10. The molecule has 0 bridgehead atoms. The number of rotatable bonds is 7. The molecule has 0 spiro atoms. The van der Waals surface area contributed by atoms with Crippen molar-refractivity contribution >= 4 is 11.5 Å². The Balaban J connectivity index is 2.64. The quantitative estimate of drug-likeness (QED) is 0.595. The second kappa shape index (κ2) is 7.01. The molecule has 0 saturated carbocycles. The van der Waals surface area contributed by atoms with E-state index in [0.717, 1.165) is 19.6 Å². The molecule has 0 aliphatic carbocycles. The van der Waals surface area contributed by atoms with Crippen LogP contribution < -0.4 is 10.5 Å². The van der Waals surface area contributed by atoms with E-state index in [9.17, 15) is 4.79 Å². The topological polar surface area (TPSA) is 55.6 Å². The Kier molecular flexibility index (Phi) is 5.65. The van der Waals surface area contributed by atoms with Crippen LogP contribution in [0.2, 0.25) is 0 Å². The number of hydrogen-bond donors (Lipinski definition) is 1. The van der Waals surface area contributed by atoms with Crippen LogP contribution in [0.15, 0.2) is 18.2 Å². The van der Waals surface area contributed by atoms with E-state index in [1.807, 2.05) is 0 Å². The molecule has 4 heteroatoms. The second-order valence-corrected chi connectivity index (χ2v) is 4.16. The monoisotopic (exact) mass is 250 g/mol. The number of ether oxygens (including phenoxy) is 1. The molecule has 0 aromatic heterocycles. The van der Waals surface area contributed by atoms with Crippen LogP contribution >= 0.6 is 0 Å². The highest BCUT2D eigenvalue weighted by Gasteiger charge is 2.10. The van der Waals surface area contributed by atoms with Crippen molar-refractivity contribution in [2.24, 2.45) is 0 Å². The van der Waals surface area contributed by atoms with Gasteiger partial charge in [-0.05, 0) is 31.3 Å². The van der Waals surface area contributed by atoms with Crippen molar-refractivity contribution < 1.29 is 9.53 Å². The van der Waals surface area contributed by atoms with E-state index in [2.05, 4.69) is 18.7 Å². The van der Waals surface area contributed by atoms with Gasteiger partial charge in [0.05, 0.1) is 12.8 Å². The maximum atomic E-state index is 12.0. The number of nitrogens with zero attached hydrogens (tertiary/aromatic N) is 1. The number of nitrogens with two attached hydrogens (primary N) is 1. The van der Waals surface area contributed by atoms with Gasteiger partial charge in [-0.25, -0.2) is 0 Å². The Hall–Kier alpha value is -1.55. The summed E-state index contributed by atoms with van der Waals surface area (Å²) in [4.78, 5) is 14.2. The third-order valence-electron chi connectivity index (χ3n) is 3.10. The van der Waals surface area contributed by atoms with Crippen molar-refractivity contribution in [2.45, 2.75) is 20.3 Å². The normalized spacial score (nSPS) is 10.7. The van der Waals surface area contributed by atoms with Gasteiger partial charge in [0.2, 0.25) is 0 Å². The van der Waals surface area contributed by atoms with Gasteiger partial charge in [0.15, 0.2) is 5.78 Å². The van der Waals surface area contributed by atoms with Gasteiger partial charge < -0.3 is 15.4 Å². The molecule has 0 saturated heterocycles. The van der Waals surface area contributed by atoms with E-state index in [1.54, 1.807) is 25.3 Å². The zero-order valence-corrected chi connectivity index (χ0v) is 11.4. The molecule has 18 heavy (non-hydrogen) atoms. The maximum absolute atomic E-state index is 12.0. The number of ketones is 1. The maximum Gasteiger partial charge on any atom is 0.164 e. The lowest BCUT2D eigenvalue weighted by molar-refractivity contribution is 0.0966. The minimum atomic E-state index is 0.122. The fourth-order valence-corrected chi connectivity index (χ4v) is 1.85. The number of carbonyl (C=O) groups excluding carboxylic acids is 1. The summed E-state index contributed by atoms with van der Waals surface area (Å²) in [5.74, 6) is 0.728. The summed E-state index contributed by atoms with van der Waals surface area (Å²) >= 11 is 0. The fraction of sp³-hybridized carbons (Fsp3) is 0.500. The van der Waals surface area contributed by atoms with Gasteiger partial charge in [0.1, 0.15) is 5.75 Å². The van der Waals surface area contributed by atoms with Crippen LogP contribution in [0.1, 0.15) is 30.6 Å². The van der Waals surface area contributed by atoms with Crippen molar-refractivity contribution in [2.75, 3.05) is 32.5 Å². The molecule has 0 aliphatic heterocycles. The predicted octanol–water partition coefficient (Wildman–Crippen LogP) is 2.19. The molecule has 0 unspecified atom stereocenters. The van der Waals surface area contributed by atoms with E-state index in [0.29, 0.717) is 23.4 Å². The van der Waals surface area contributed by atoms with Crippen LogP contribution in [0.4, 0.5) is 5.69 Å². The Morgan fingerprint density at radius 2 is 2.00 bits per heavy atom. The summed E-state index contributed by atoms with van der Waals surface area (Å²) in [6.07, 6.45) is 0.521. The summed E-state index contributed by atoms with van der Waals surface area (Å²) < 4.78 is 5.07. The van der Waals surface area contributed by atoms with Crippen LogP contribution in [0.3, 0.4) is 0 Å².